The largest absolute Gasteiger partial charge is 0.490 e. The number of nitrogens with one attached hydrogen (secondary N) is 2. The first-order valence-electron chi connectivity index (χ1n) is 14.6. The number of hydrogen-bond acceptors (Lipinski definition) is 8. The van der Waals surface area contributed by atoms with Crippen LogP contribution in [-0.4, -0.2) is 96.0 Å². The summed E-state index contributed by atoms with van der Waals surface area (Å²) in [5, 5.41) is 30.4. The van der Waals surface area contributed by atoms with Gasteiger partial charge in [-0.15, -0.1) is 0 Å². The SMILES string of the molecule is C=C(C)Cn1cc(-c2cnc(C(=O)Nc3ccc(C(=O)NCCCN)c(Cl)c3)n2C)c(C(F)(F)F)n1.O=C(O)C(F)(F)F.O=C(O)C(F)(F)F.O=C(O)C(F)(F)F. The molecule has 0 unspecified atom stereocenters. The molecule has 0 radical (unpaired) electrons. The molecule has 0 fully saturated rings. The zero-order valence-electron chi connectivity index (χ0n) is 28.6. The number of carboxylic acids is 3. The minimum Gasteiger partial charge on any atom is -0.475 e. The Morgan fingerprint density at radius 1 is 0.860 bits per heavy atom. The molecule has 3 rings (SSSR count). The van der Waals surface area contributed by atoms with Crippen molar-refractivity contribution in [1.29, 1.82) is 0 Å². The third kappa shape index (κ3) is 17.6. The summed E-state index contributed by atoms with van der Waals surface area (Å²) in [4.78, 5) is 55.7. The number of alkyl halides is 12. The van der Waals surface area contributed by atoms with Crippen LogP contribution in [0.4, 0.5) is 58.4 Å². The average Bonchev–Trinajstić information content (AvgIpc) is 3.63. The monoisotopic (exact) mass is 865 g/mol. The standard InChI is InChI=1S/C23H25ClF3N7O2.3C2HF3O2/c1-13(2)11-34-12-16(19(32-34)23(25,26)27)18-10-30-20(33(18)3)22(36)31-14-5-6-15(17(24)9-14)21(35)29-8-4-7-28;3*3-2(4,5)1(6)7/h5-6,9-10,12H,1,4,7-8,11,28H2,2-3H3,(H,29,35)(H,31,36);3*(H,6,7). The number of anilines is 1. The molecule has 57 heavy (non-hydrogen) atoms. The summed E-state index contributed by atoms with van der Waals surface area (Å²) < 4.78 is 138. The lowest BCUT2D eigenvalue weighted by Crippen LogP contribution is -2.26. The van der Waals surface area contributed by atoms with E-state index in [0.717, 1.165) is 4.68 Å². The summed E-state index contributed by atoms with van der Waals surface area (Å²) in [7, 11) is 1.43. The van der Waals surface area contributed by atoms with E-state index in [-0.39, 0.29) is 45.8 Å². The summed E-state index contributed by atoms with van der Waals surface area (Å²) in [6, 6.07) is 4.32. The molecule has 0 saturated heterocycles. The molecule has 3 aromatic rings. The van der Waals surface area contributed by atoms with E-state index in [2.05, 4.69) is 27.3 Å². The molecule has 2 amide bonds. The molecule has 0 aliphatic heterocycles. The highest BCUT2D eigenvalue weighted by atomic mass is 35.5. The highest BCUT2D eigenvalue weighted by molar-refractivity contribution is 6.34. The van der Waals surface area contributed by atoms with Crippen molar-refractivity contribution in [3.63, 3.8) is 0 Å². The van der Waals surface area contributed by atoms with Gasteiger partial charge in [0.15, 0.2) is 11.5 Å². The first-order chi connectivity index (χ1) is 25.7. The highest BCUT2D eigenvalue weighted by Gasteiger charge is 2.40. The minimum absolute atomic E-state index is 0.0583. The van der Waals surface area contributed by atoms with E-state index in [4.69, 9.17) is 47.0 Å². The second-order valence-corrected chi connectivity index (χ2v) is 10.9. The maximum atomic E-state index is 13.6. The number of carboxylic acid groups (broad SMARTS) is 3. The van der Waals surface area contributed by atoms with Gasteiger partial charge >= 0.3 is 42.6 Å². The molecule has 0 bridgehead atoms. The number of aliphatic carboxylic acids is 3. The summed E-state index contributed by atoms with van der Waals surface area (Å²) in [6.07, 6.45) is -16.9. The second-order valence-electron chi connectivity index (χ2n) is 10.5. The van der Waals surface area contributed by atoms with Crippen LogP contribution in [0.5, 0.6) is 0 Å². The molecule has 0 aliphatic rings. The number of hydrogen-bond donors (Lipinski definition) is 6. The van der Waals surface area contributed by atoms with E-state index in [1.165, 1.54) is 42.2 Å². The van der Waals surface area contributed by atoms with E-state index in [1.807, 2.05) is 0 Å². The number of allylic oxidation sites excluding steroid dienone is 1. The predicted octanol–water partition coefficient (Wildman–Crippen LogP) is 5.76. The molecule has 0 atom stereocenters. The average molecular weight is 866 g/mol. The van der Waals surface area contributed by atoms with Crippen LogP contribution in [0.3, 0.4) is 0 Å². The van der Waals surface area contributed by atoms with Gasteiger partial charge in [-0.3, -0.25) is 14.3 Å². The number of nitrogens with two attached hydrogens (primary N) is 1. The Morgan fingerprint density at radius 3 is 1.72 bits per heavy atom. The molecule has 2 aromatic heterocycles. The number of amides is 2. The maximum absolute atomic E-state index is 13.6. The fraction of sp³-hybridized carbons (Fsp3) is 0.345. The Morgan fingerprint density at radius 2 is 1.33 bits per heavy atom. The second kappa shape index (κ2) is 20.9. The van der Waals surface area contributed by atoms with Gasteiger partial charge in [-0.25, -0.2) is 19.4 Å². The third-order valence-corrected chi connectivity index (χ3v) is 6.11. The van der Waals surface area contributed by atoms with Crippen LogP contribution in [0, 0.1) is 0 Å². The van der Waals surface area contributed by atoms with Gasteiger partial charge < -0.3 is 36.3 Å². The topological polar surface area (TPSA) is 232 Å². The van der Waals surface area contributed by atoms with Crippen molar-refractivity contribution >= 4 is 47.0 Å². The molecule has 2 heterocycles. The van der Waals surface area contributed by atoms with Crippen LogP contribution >= 0.6 is 11.6 Å². The third-order valence-electron chi connectivity index (χ3n) is 5.79. The number of carbonyl (C=O) groups excluding carboxylic acids is 2. The van der Waals surface area contributed by atoms with Gasteiger partial charge in [0, 0.05) is 25.5 Å². The fourth-order valence-electron chi connectivity index (χ4n) is 3.41. The number of halogens is 13. The predicted molar refractivity (Wildman–Crippen MR) is 171 cm³/mol. The van der Waals surface area contributed by atoms with E-state index in [9.17, 15) is 62.3 Å². The smallest absolute Gasteiger partial charge is 0.475 e. The van der Waals surface area contributed by atoms with E-state index >= 15 is 0 Å². The zero-order valence-corrected chi connectivity index (χ0v) is 29.3. The van der Waals surface area contributed by atoms with E-state index in [1.54, 1.807) is 6.92 Å². The van der Waals surface area contributed by atoms with Crippen LogP contribution in [0.15, 0.2) is 42.7 Å². The lowest BCUT2D eigenvalue weighted by Gasteiger charge is -2.10. The van der Waals surface area contributed by atoms with Crippen molar-refractivity contribution < 1.29 is 92.0 Å². The van der Waals surface area contributed by atoms with Gasteiger partial charge in [0.05, 0.1) is 34.6 Å². The molecule has 0 aliphatic carbocycles. The van der Waals surface area contributed by atoms with Crippen LogP contribution in [-0.2, 0) is 34.2 Å². The van der Waals surface area contributed by atoms with Gasteiger partial charge in [0.2, 0.25) is 0 Å². The van der Waals surface area contributed by atoms with Crippen LogP contribution in [0.1, 0.15) is 40.0 Å². The summed E-state index contributed by atoms with van der Waals surface area (Å²) in [5.74, 6) is -9.46. The zero-order chi connectivity index (χ0) is 44.9. The number of carbonyl (C=O) groups is 5. The Kier molecular flexibility index (Phi) is 18.7. The van der Waals surface area contributed by atoms with Crippen molar-refractivity contribution in [1.82, 2.24) is 24.6 Å². The first kappa shape index (κ1) is 51.1. The first-order valence-corrected chi connectivity index (χ1v) is 14.9. The Hall–Kier alpha value is -5.86. The van der Waals surface area contributed by atoms with Crippen LogP contribution in [0.25, 0.3) is 11.3 Å². The Labute approximate surface area is 315 Å². The van der Waals surface area contributed by atoms with Crippen molar-refractivity contribution in [3.8, 4) is 11.3 Å². The number of aromatic nitrogens is 4. The van der Waals surface area contributed by atoms with Crippen LogP contribution in [0.2, 0.25) is 5.02 Å². The fourth-order valence-corrected chi connectivity index (χ4v) is 3.68. The van der Waals surface area contributed by atoms with Gasteiger partial charge in [0.25, 0.3) is 11.8 Å². The lowest BCUT2D eigenvalue weighted by atomic mass is 10.2. The summed E-state index contributed by atoms with van der Waals surface area (Å²) in [6.45, 7) is 6.31. The van der Waals surface area contributed by atoms with E-state index in [0.29, 0.717) is 25.1 Å². The maximum Gasteiger partial charge on any atom is 0.490 e. The van der Waals surface area contributed by atoms with Crippen LogP contribution < -0.4 is 16.4 Å². The summed E-state index contributed by atoms with van der Waals surface area (Å²) in [5.41, 5.74) is 5.28. The van der Waals surface area contributed by atoms with Crippen molar-refractivity contribution in [2.45, 2.75) is 44.6 Å². The number of benzene rings is 1. The molecule has 0 saturated carbocycles. The summed E-state index contributed by atoms with van der Waals surface area (Å²) >= 11 is 6.20. The Bertz CT molecular complexity index is 1850. The van der Waals surface area contributed by atoms with E-state index < -0.39 is 54.2 Å². The van der Waals surface area contributed by atoms with Gasteiger partial charge in [-0.2, -0.15) is 57.8 Å². The van der Waals surface area contributed by atoms with Crippen molar-refractivity contribution in [2.24, 2.45) is 12.8 Å². The highest BCUT2D eigenvalue weighted by Crippen LogP contribution is 2.36. The minimum atomic E-state index is -5.08. The number of rotatable bonds is 9. The number of nitrogens with zero attached hydrogens (tertiary/aromatic N) is 4. The molecule has 1 aromatic carbocycles. The molecule has 28 heteroatoms. The lowest BCUT2D eigenvalue weighted by molar-refractivity contribution is -0.193. The van der Waals surface area contributed by atoms with Gasteiger partial charge in [0.1, 0.15) is 0 Å². The van der Waals surface area contributed by atoms with Crippen molar-refractivity contribution in [2.75, 3.05) is 18.4 Å². The Balaban J connectivity index is 0.00000121. The number of imidazole rings is 1. The van der Waals surface area contributed by atoms with Gasteiger partial charge in [-0.1, -0.05) is 23.8 Å². The molecule has 7 N–H and O–H groups in total. The van der Waals surface area contributed by atoms with Crippen molar-refractivity contribution in [3.05, 3.63) is 64.8 Å². The molecule has 0 spiro atoms. The molecule has 15 nitrogen and oxygen atoms in total. The quantitative estimate of drug-likeness (QED) is 0.0860. The molecule has 318 valence electrons. The molecular formula is C29H28ClF12N7O8. The van der Waals surface area contributed by atoms with Gasteiger partial charge in [-0.05, 0) is 38.1 Å². The molecular weight excluding hydrogens is 838 g/mol. The normalized spacial score (nSPS) is 11.4.